The van der Waals surface area contributed by atoms with Crippen LogP contribution in [0.5, 0.6) is 0 Å². The third-order valence-corrected chi connectivity index (χ3v) is 3.82. The van der Waals surface area contributed by atoms with Crippen molar-refractivity contribution in [1.29, 1.82) is 0 Å². The van der Waals surface area contributed by atoms with E-state index in [1.165, 1.54) is 5.56 Å². The molecule has 1 N–H and O–H groups in total. The predicted octanol–water partition coefficient (Wildman–Crippen LogP) is 4.07. The van der Waals surface area contributed by atoms with Crippen LogP contribution in [0, 0.1) is 13.8 Å². The van der Waals surface area contributed by atoms with Crippen molar-refractivity contribution in [2.45, 2.75) is 27.2 Å². The Labute approximate surface area is 116 Å². The van der Waals surface area contributed by atoms with Crippen LogP contribution in [0.2, 0.25) is 0 Å². The lowest BCUT2D eigenvalue weighted by molar-refractivity contribution is 0.934. The highest BCUT2D eigenvalue weighted by atomic mass is 79.9. The summed E-state index contributed by atoms with van der Waals surface area (Å²) in [4.78, 5) is 4.53. The molecule has 0 bridgehead atoms. The van der Waals surface area contributed by atoms with Crippen LogP contribution in [0.1, 0.15) is 24.6 Å². The van der Waals surface area contributed by atoms with E-state index in [2.05, 4.69) is 69.0 Å². The van der Waals surface area contributed by atoms with E-state index in [4.69, 9.17) is 0 Å². The van der Waals surface area contributed by atoms with Crippen LogP contribution in [0.25, 0.3) is 5.69 Å². The van der Waals surface area contributed by atoms with Crippen LogP contribution in [0.4, 0.5) is 5.95 Å². The highest BCUT2D eigenvalue weighted by molar-refractivity contribution is 9.10. The number of hydrogen-bond acceptors (Lipinski definition) is 2. The molecule has 1 aromatic carbocycles. The van der Waals surface area contributed by atoms with Crippen molar-refractivity contribution in [3.8, 4) is 5.69 Å². The lowest BCUT2D eigenvalue weighted by Crippen LogP contribution is -2.07. The maximum absolute atomic E-state index is 4.53. The van der Waals surface area contributed by atoms with E-state index < -0.39 is 0 Å². The molecule has 3 nitrogen and oxygen atoms in total. The van der Waals surface area contributed by atoms with Gasteiger partial charge in [0.05, 0.1) is 11.4 Å². The molecule has 18 heavy (non-hydrogen) atoms. The lowest BCUT2D eigenvalue weighted by atomic mass is 10.2. The minimum Gasteiger partial charge on any atom is -0.355 e. The summed E-state index contributed by atoms with van der Waals surface area (Å²) >= 11 is 3.65. The molecule has 0 radical (unpaired) electrons. The molecule has 96 valence electrons. The molecule has 0 unspecified atom stereocenters. The van der Waals surface area contributed by atoms with E-state index >= 15 is 0 Å². The number of nitrogens with zero attached hydrogens (tertiary/aromatic N) is 2. The van der Waals surface area contributed by atoms with Gasteiger partial charge in [0.1, 0.15) is 0 Å². The van der Waals surface area contributed by atoms with Gasteiger partial charge in [-0.2, -0.15) is 0 Å². The number of imidazole rings is 1. The van der Waals surface area contributed by atoms with Crippen LogP contribution in [0.3, 0.4) is 0 Å². The molecule has 2 aromatic rings. The van der Waals surface area contributed by atoms with E-state index in [1.807, 2.05) is 6.92 Å². The molecule has 0 saturated carbocycles. The molecule has 1 heterocycles. The van der Waals surface area contributed by atoms with Crippen molar-refractivity contribution in [3.63, 3.8) is 0 Å². The van der Waals surface area contributed by atoms with Gasteiger partial charge < -0.3 is 5.32 Å². The van der Waals surface area contributed by atoms with Crippen LogP contribution in [0.15, 0.2) is 28.9 Å². The smallest absolute Gasteiger partial charge is 0.207 e. The zero-order valence-corrected chi connectivity index (χ0v) is 12.6. The first-order valence-electron chi connectivity index (χ1n) is 6.18. The predicted molar refractivity (Wildman–Crippen MR) is 79.5 cm³/mol. The number of nitrogens with one attached hydrogen (secondary N) is 1. The first-order valence-corrected chi connectivity index (χ1v) is 6.98. The molecular formula is C14H18BrN3. The quantitative estimate of drug-likeness (QED) is 0.922. The highest BCUT2D eigenvalue weighted by Crippen LogP contribution is 2.27. The van der Waals surface area contributed by atoms with Gasteiger partial charge in [-0.1, -0.05) is 19.1 Å². The van der Waals surface area contributed by atoms with E-state index in [9.17, 15) is 0 Å². The van der Waals surface area contributed by atoms with Crippen molar-refractivity contribution in [2.75, 3.05) is 11.9 Å². The normalized spacial score (nSPS) is 10.7. The minimum absolute atomic E-state index is 0.903. The summed E-state index contributed by atoms with van der Waals surface area (Å²) < 4.78 is 3.21. The van der Waals surface area contributed by atoms with Gasteiger partial charge in [0.15, 0.2) is 0 Å². The second kappa shape index (κ2) is 5.57. The van der Waals surface area contributed by atoms with Crippen molar-refractivity contribution < 1.29 is 0 Å². The number of benzene rings is 1. The Morgan fingerprint density at radius 2 is 2.11 bits per heavy atom. The molecule has 0 aliphatic rings. The van der Waals surface area contributed by atoms with Gasteiger partial charge in [-0.3, -0.25) is 4.57 Å². The molecule has 0 amide bonds. The standard InChI is InChI=1S/C14H18BrN3/c1-4-8-16-14-17-11(3)9-18(14)12-7-5-6-10(2)13(12)15/h5-7,9H,4,8H2,1-3H3,(H,16,17). The molecule has 4 heteroatoms. The Kier molecular flexibility index (Phi) is 4.07. The highest BCUT2D eigenvalue weighted by Gasteiger charge is 2.10. The molecule has 0 aliphatic heterocycles. The zero-order chi connectivity index (χ0) is 13.1. The average Bonchev–Trinajstić information content (AvgIpc) is 2.71. The monoisotopic (exact) mass is 307 g/mol. The van der Waals surface area contributed by atoms with Gasteiger partial charge in [-0.05, 0) is 47.8 Å². The first kappa shape index (κ1) is 13.1. The van der Waals surface area contributed by atoms with Crippen molar-refractivity contribution in [2.24, 2.45) is 0 Å². The number of aromatic nitrogens is 2. The minimum atomic E-state index is 0.903. The fourth-order valence-electron chi connectivity index (χ4n) is 1.86. The molecule has 1 aromatic heterocycles. The SMILES string of the molecule is CCCNc1nc(C)cn1-c1cccc(C)c1Br. The summed E-state index contributed by atoms with van der Waals surface area (Å²) in [5.41, 5.74) is 3.36. The van der Waals surface area contributed by atoms with Crippen LogP contribution >= 0.6 is 15.9 Å². The van der Waals surface area contributed by atoms with Gasteiger partial charge in [0.2, 0.25) is 5.95 Å². The molecule has 0 fully saturated rings. The Bertz CT molecular complexity index is 546. The van der Waals surface area contributed by atoms with Gasteiger partial charge >= 0.3 is 0 Å². The molecule has 0 saturated heterocycles. The van der Waals surface area contributed by atoms with Crippen molar-refractivity contribution in [3.05, 3.63) is 40.1 Å². The maximum atomic E-state index is 4.53. The van der Waals surface area contributed by atoms with E-state index in [0.717, 1.165) is 34.8 Å². The Morgan fingerprint density at radius 1 is 1.33 bits per heavy atom. The molecular weight excluding hydrogens is 290 g/mol. The van der Waals surface area contributed by atoms with E-state index in [1.54, 1.807) is 0 Å². The first-order chi connectivity index (χ1) is 8.63. The number of rotatable bonds is 4. The Hall–Kier alpha value is -1.29. The van der Waals surface area contributed by atoms with Crippen LogP contribution < -0.4 is 5.32 Å². The third kappa shape index (κ3) is 2.58. The fraction of sp³-hybridized carbons (Fsp3) is 0.357. The van der Waals surface area contributed by atoms with Gasteiger partial charge in [0.25, 0.3) is 0 Å². The third-order valence-electron chi connectivity index (χ3n) is 2.79. The van der Waals surface area contributed by atoms with Crippen molar-refractivity contribution in [1.82, 2.24) is 9.55 Å². The maximum Gasteiger partial charge on any atom is 0.207 e. The van der Waals surface area contributed by atoms with Gasteiger partial charge in [-0.25, -0.2) is 4.98 Å². The summed E-state index contributed by atoms with van der Waals surface area (Å²) in [5.74, 6) is 0.903. The molecule has 2 rings (SSSR count). The summed E-state index contributed by atoms with van der Waals surface area (Å²) in [7, 11) is 0. The Morgan fingerprint density at radius 3 is 2.83 bits per heavy atom. The zero-order valence-electron chi connectivity index (χ0n) is 11.0. The number of anilines is 1. The summed E-state index contributed by atoms with van der Waals surface area (Å²) in [5, 5.41) is 3.36. The second-order valence-corrected chi connectivity index (χ2v) is 5.20. The van der Waals surface area contributed by atoms with E-state index in [0.29, 0.717) is 0 Å². The topological polar surface area (TPSA) is 29.9 Å². The number of hydrogen-bond donors (Lipinski definition) is 1. The number of halogens is 1. The summed E-state index contributed by atoms with van der Waals surface area (Å²) in [6.07, 6.45) is 3.14. The van der Waals surface area contributed by atoms with Crippen LogP contribution in [-0.4, -0.2) is 16.1 Å². The van der Waals surface area contributed by atoms with Crippen molar-refractivity contribution >= 4 is 21.9 Å². The fourth-order valence-corrected chi connectivity index (χ4v) is 2.32. The molecule has 0 spiro atoms. The van der Waals surface area contributed by atoms with Gasteiger partial charge in [0, 0.05) is 17.2 Å². The van der Waals surface area contributed by atoms with Crippen LogP contribution in [-0.2, 0) is 0 Å². The Balaban J connectivity index is 2.46. The number of aryl methyl sites for hydroxylation is 2. The van der Waals surface area contributed by atoms with E-state index in [-0.39, 0.29) is 0 Å². The largest absolute Gasteiger partial charge is 0.355 e. The summed E-state index contributed by atoms with van der Waals surface area (Å²) in [6.45, 7) is 7.18. The average molecular weight is 308 g/mol. The van der Waals surface area contributed by atoms with Gasteiger partial charge in [-0.15, -0.1) is 0 Å². The summed E-state index contributed by atoms with van der Waals surface area (Å²) in [6, 6.07) is 6.25. The molecule has 0 aliphatic carbocycles. The second-order valence-electron chi connectivity index (χ2n) is 4.41. The molecule has 0 atom stereocenters. The lowest BCUT2D eigenvalue weighted by Gasteiger charge is -2.12.